The average Bonchev–Trinajstić information content (AvgIpc) is 2.41. The lowest BCUT2D eigenvalue weighted by Gasteiger charge is -2.07. The van der Waals surface area contributed by atoms with E-state index in [4.69, 9.17) is 16.3 Å². The first kappa shape index (κ1) is 13.6. The first-order chi connectivity index (χ1) is 9.08. The summed E-state index contributed by atoms with van der Waals surface area (Å²) in [6.07, 6.45) is 0. The van der Waals surface area contributed by atoms with Crippen LogP contribution in [0.2, 0.25) is 5.02 Å². The van der Waals surface area contributed by atoms with Crippen molar-refractivity contribution in [2.24, 2.45) is 0 Å². The van der Waals surface area contributed by atoms with Crippen LogP contribution >= 0.6 is 11.6 Å². The topological polar surface area (TPSA) is 26.3 Å². The van der Waals surface area contributed by atoms with E-state index in [9.17, 15) is 9.18 Å². The second-order valence-corrected chi connectivity index (χ2v) is 4.58. The van der Waals surface area contributed by atoms with Gasteiger partial charge < -0.3 is 4.74 Å². The predicted octanol–water partition coefficient (Wildman–Crippen LogP) is 4.14. The number of halogens is 2. The summed E-state index contributed by atoms with van der Waals surface area (Å²) in [6, 6.07) is 11.6. The third kappa shape index (κ3) is 3.32. The van der Waals surface area contributed by atoms with Gasteiger partial charge in [0.2, 0.25) is 0 Å². The summed E-state index contributed by atoms with van der Waals surface area (Å²) in [5.41, 5.74) is 1.17. The SMILES string of the molecule is Cc1cccc(C(=O)OCc2ccc(Cl)cc2)c1F. The molecule has 2 aromatic carbocycles. The minimum Gasteiger partial charge on any atom is -0.457 e. The minimum absolute atomic E-state index is 0.0473. The van der Waals surface area contributed by atoms with E-state index in [-0.39, 0.29) is 12.2 Å². The molecule has 0 amide bonds. The monoisotopic (exact) mass is 278 g/mol. The van der Waals surface area contributed by atoms with Gasteiger partial charge in [0.05, 0.1) is 5.56 Å². The summed E-state index contributed by atoms with van der Waals surface area (Å²) >= 11 is 5.75. The van der Waals surface area contributed by atoms with Crippen molar-refractivity contribution < 1.29 is 13.9 Å². The van der Waals surface area contributed by atoms with Gasteiger partial charge in [0.1, 0.15) is 12.4 Å². The highest BCUT2D eigenvalue weighted by Crippen LogP contribution is 2.15. The average molecular weight is 279 g/mol. The lowest BCUT2D eigenvalue weighted by molar-refractivity contribution is 0.0467. The normalized spacial score (nSPS) is 10.3. The molecule has 0 aromatic heterocycles. The van der Waals surface area contributed by atoms with Crippen LogP contribution in [0.25, 0.3) is 0 Å². The van der Waals surface area contributed by atoms with E-state index < -0.39 is 11.8 Å². The van der Waals surface area contributed by atoms with Crippen molar-refractivity contribution >= 4 is 17.6 Å². The molecule has 2 nitrogen and oxygen atoms in total. The molecule has 0 aliphatic heterocycles. The minimum atomic E-state index is -0.670. The second-order valence-electron chi connectivity index (χ2n) is 4.14. The Hall–Kier alpha value is -1.87. The number of carbonyl (C=O) groups excluding carboxylic acids is 1. The smallest absolute Gasteiger partial charge is 0.341 e. The molecule has 0 saturated heterocycles. The van der Waals surface area contributed by atoms with Crippen molar-refractivity contribution in [3.05, 3.63) is 70.0 Å². The summed E-state index contributed by atoms with van der Waals surface area (Å²) in [6.45, 7) is 1.69. The highest BCUT2D eigenvalue weighted by atomic mass is 35.5. The molecule has 0 radical (unpaired) electrons. The molecule has 0 N–H and O–H groups in total. The maximum Gasteiger partial charge on any atom is 0.341 e. The molecular weight excluding hydrogens is 267 g/mol. The Morgan fingerprint density at radius 3 is 2.58 bits per heavy atom. The molecule has 19 heavy (non-hydrogen) atoms. The van der Waals surface area contributed by atoms with Gasteiger partial charge in [-0.15, -0.1) is 0 Å². The summed E-state index contributed by atoms with van der Waals surface area (Å²) in [7, 11) is 0. The molecule has 0 saturated carbocycles. The summed E-state index contributed by atoms with van der Waals surface area (Å²) < 4.78 is 18.8. The van der Waals surface area contributed by atoms with E-state index in [0.29, 0.717) is 10.6 Å². The van der Waals surface area contributed by atoms with Gasteiger partial charge in [-0.05, 0) is 36.2 Å². The van der Waals surface area contributed by atoms with Gasteiger partial charge >= 0.3 is 5.97 Å². The van der Waals surface area contributed by atoms with Crippen LogP contribution in [-0.4, -0.2) is 5.97 Å². The molecule has 98 valence electrons. The number of hydrogen-bond donors (Lipinski definition) is 0. The molecule has 0 bridgehead atoms. The van der Waals surface area contributed by atoms with Crippen LogP contribution in [0.4, 0.5) is 4.39 Å². The molecule has 4 heteroatoms. The largest absolute Gasteiger partial charge is 0.457 e. The maximum absolute atomic E-state index is 13.7. The van der Waals surface area contributed by atoms with Crippen LogP contribution in [0.3, 0.4) is 0 Å². The molecule has 0 heterocycles. The number of benzene rings is 2. The van der Waals surface area contributed by atoms with Crippen LogP contribution in [0.1, 0.15) is 21.5 Å². The van der Waals surface area contributed by atoms with E-state index >= 15 is 0 Å². The van der Waals surface area contributed by atoms with Crippen molar-refractivity contribution in [2.75, 3.05) is 0 Å². The summed E-state index contributed by atoms with van der Waals surface area (Å²) in [5, 5.41) is 0.611. The second kappa shape index (κ2) is 5.85. The maximum atomic E-state index is 13.7. The number of ether oxygens (including phenoxy) is 1. The van der Waals surface area contributed by atoms with E-state index in [1.807, 2.05) is 0 Å². The first-order valence-electron chi connectivity index (χ1n) is 5.74. The highest BCUT2D eigenvalue weighted by Gasteiger charge is 2.14. The zero-order valence-corrected chi connectivity index (χ0v) is 11.1. The Balaban J connectivity index is 2.05. The van der Waals surface area contributed by atoms with Crippen LogP contribution in [0.15, 0.2) is 42.5 Å². The quantitative estimate of drug-likeness (QED) is 0.789. The third-order valence-electron chi connectivity index (χ3n) is 2.69. The third-order valence-corrected chi connectivity index (χ3v) is 2.95. The Kier molecular flexibility index (Phi) is 4.17. The predicted molar refractivity (Wildman–Crippen MR) is 71.7 cm³/mol. The van der Waals surface area contributed by atoms with Gasteiger partial charge in [-0.25, -0.2) is 9.18 Å². The van der Waals surface area contributed by atoms with Crippen LogP contribution in [-0.2, 0) is 11.3 Å². The van der Waals surface area contributed by atoms with Gasteiger partial charge in [-0.3, -0.25) is 0 Å². The Morgan fingerprint density at radius 1 is 1.21 bits per heavy atom. The fourth-order valence-corrected chi connectivity index (χ4v) is 1.74. The molecular formula is C15H12ClFO2. The number of carbonyl (C=O) groups is 1. The molecule has 2 aromatic rings. The van der Waals surface area contributed by atoms with Gasteiger partial charge in [0, 0.05) is 5.02 Å². The fraction of sp³-hybridized carbons (Fsp3) is 0.133. The van der Waals surface area contributed by atoms with Crippen molar-refractivity contribution in [1.29, 1.82) is 0 Å². The van der Waals surface area contributed by atoms with Crippen LogP contribution in [0.5, 0.6) is 0 Å². The molecule has 2 rings (SSSR count). The van der Waals surface area contributed by atoms with Gasteiger partial charge in [0.15, 0.2) is 0 Å². The number of esters is 1. The zero-order chi connectivity index (χ0) is 13.8. The standard InChI is InChI=1S/C15H12ClFO2/c1-10-3-2-4-13(14(10)17)15(18)19-9-11-5-7-12(16)8-6-11/h2-8H,9H2,1H3. The Bertz CT molecular complexity index is 594. The zero-order valence-electron chi connectivity index (χ0n) is 10.3. The molecule has 0 fully saturated rings. The van der Waals surface area contributed by atoms with Gasteiger partial charge in [-0.2, -0.15) is 0 Å². The molecule has 0 unspecified atom stereocenters. The highest BCUT2D eigenvalue weighted by molar-refractivity contribution is 6.30. The first-order valence-corrected chi connectivity index (χ1v) is 6.12. The van der Waals surface area contributed by atoms with Crippen molar-refractivity contribution in [2.45, 2.75) is 13.5 Å². The van der Waals surface area contributed by atoms with E-state index in [2.05, 4.69) is 0 Å². The lowest BCUT2D eigenvalue weighted by Crippen LogP contribution is -2.08. The van der Waals surface area contributed by atoms with Gasteiger partial charge in [-0.1, -0.05) is 35.9 Å². The van der Waals surface area contributed by atoms with E-state index in [1.54, 1.807) is 43.3 Å². The lowest BCUT2D eigenvalue weighted by atomic mass is 10.1. The summed E-state index contributed by atoms with van der Waals surface area (Å²) in [5.74, 6) is -1.21. The van der Waals surface area contributed by atoms with Crippen molar-refractivity contribution in [3.63, 3.8) is 0 Å². The number of hydrogen-bond acceptors (Lipinski definition) is 2. The molecule has 0 spiro atoms. The van der Waals surface area contributed by atoms with Crippen molar-refractivity contribution in [1.82, 2.24) is 0 Å². The molecule has 0 atom stereocenters. The molecule has 0 aliphatic carbocycles. The van der Waals surface area contributed by atoms with Gasteiger partial charge in [0.25, 0.3) is 0 Å². The number of rotatable bonds is 3. The van der Waals surface area contributed by atoms with E-state index in [0.717, 1.165) is 5.56 Å². The van der Waals surface area contributed by atoms with Crippen LogP contribution < -0.4 is 0 Å². The Morgan fingerprint density at radius 2 is 1.89 bits per heavy atom. The molecule has 0 aliphatic rings. The van der Waals surface area contributed by atoms with E-state index in [1.165, 1.54) is 6.07 Å². The van der Waals surface area contributed by atoms with Crippen molar-refractivity contribution in [3.8, 4) is 0 Å². The van der Waals surface area contributed by atoms with Crippen LogP contribution in [0, 0.1) is 12.7 Å². The summed E-state index contributed by atoms with van der Waals surface area (Å²) in [4.78, 5) is 11.8. The Labute approximate surface area is 115 Å². The fourth-order valence-electron chi connectivity index (χ4n) is 1.61. The number of aryl methyl sites for hydroxylation is 1.